The largest absolute Gasteiger partial charge is 0.395 e. The lowest BCUT2D eigenvalue weighted by Gasteiger charge is -2.30. The van der Waals surface area contributed by atoms with Gasteiger partial charge in [-0.25, -0.2) is 8.78 Å². The summed E-state index contributed by atoms with van der Waals surface area (Å²) in [5.41, 5.74) is 6.49. The van der Waals surface area contributed by atoms with Gasteiger partial charge < -0.3 is 26.2 Å². The number of nitrogens with one attached hydrogen (secondary N) is 1. The Morgan fingerprint density at radius 3 is 2.14 bits per heavy atom. The van der Waals surface area contributed by atoms with Crippen LogP contribution in [-0.4, -0.2) is 65.3 Å². The molecule has 2 aromatic rings. The molecule has 2 rings (SSSR count). The molecular weight excluding hydrogens is 480 g/mol. The van der Waals surface area contributed by atoms with Crippen LogP contribution in [0.5, 0.6) is 0 Å². The second kappa shape index (κ2) is 14.8. The number of benzene rings is 2. The predicted octanol–water partition coefficient (Wildman–Crippen LogP) is 3.37. The van der Waals surface area contributed by atoms with E-state index in [2.05, 4.69) is 5.32 Å². The van der Waals surface area contributed by atoms with Gasteiger partial charge in [0.25, 0.3) is 5.91 Å². The molecule has 2 amide bonds. The molecular formula is C28H39F2N3O4. The Labute approximate surface area is 217 Å². The number of amides is 2. The van der Waals surface area contributed by atoms with Crippen LogP contribution in [0.25, 0.3) is 0 Å². The summed E-state index contributed by atoms with van der Waals surface area (Å²) in [6.07, 6.45) is 0.834. The molecule has 0 spiro atoms. The summed E-state index contributed by atoms with van der Waals surface area (Å²) < 4.78 is 28.1. The van der Waals surface area contributed by atoms with Crippen molar-refractivity contribution in [2.75, 3.05) is 26.2 Å². The first-order valence-corrected chi connectivity index (χ1v) is 12.9. The number of primary amides is 1. The molecule has 204 valence electrons. The van der Waals surface area contributed by atoms with Crippen LogP contribution < -0.4 is 11.1 Å². The van der Waals surface area contributed by atoms with Crippen molar-refractivity contribution in [3.63, 3.8) is 0 Å². The van der Waals surface area contributed by atoms with E-state index in [1.165, 1.54) is 6.07 Å². The molecule has 5 N–H and O–H groups in total. The minimum absolute atomic E-state index is 0.00981. The van der Waals surface area contributed by atoms with Gasteiger partial charge >= 0.3 is 0 Å². The average molecular weight is 520 g/mol. The average Bonchev–Trinajstić information content (AvgIpc) is 2.86. The summed E-state index contributed by atoms with van der Waals surface area (Å²) in [6.45, 7) is 6.67. The maximum Gasteiger partial charge on any atom is 0.254 e. The van der Waals surface area contributed by atoms with E-state index >= 15 is 0 Å². The maximum absolute atomic E-state index is 14.0. The van der Waals surface area contributed by atoms with Gasteiger partial charge in [0.15, 0.2) is 0 Å². The molecule has 0 fully saturated rings. The Morgan fingerprint density at radius 1 is 1.03 bits per heavy atom. The summed E-state index contributed by atoms with van der Waals surface area (Å²) in [6, 6.07) is 7.43. The van der Waals surface area contributed by atoms with Crippen molar-refractivity contribution in [1.29, 1.82) is 0 Å². The van der Waals surface area contributed by atoms with Crippen molar-refractivity contribution in [2.24, 2.45) is 5.73 Å². The lowest BCUT2D eigenvalue weighted by molar-refractivity contribution is 0.0751. The van der Waals surface area contributed by atoms with Crippen LogP contribution in [-0.2, 0) is 6.42 Å². The Morgan fingerprint density at radius 2 is 1.62 bits per heavy atom. The summed E-state index contributed by atoms with van der Waals surface area (Å²) in [4.78, 5) is 27.9. The van der Waals surface area contributed by atoms with E-state index in [0.717, 1.165) is 31.0 Å². The van der Waals surface area contributed by atoms with Crippen LogP contribution in [0.1, 0.15) is 77.8 Å². The highest BCUT2D eigenvalue weighted by Gasteiger charge is 2.32. The molecule has 0 aliphatic rings. The normalized spacial score (nSPS) is 13.7. The maximum atomic E-state index is 14.0. The zero-order valence-electron chi connectivity index (χ0n) is 21.8. The van der Waals surface area contributed by atoms with Gasteiger partial charge in [-0.05, 0) is 61.1 Å². The Kier molecular flexibility index (Phi) is 12.1. The molecule has 2 aromatic carbocycles. The van der Waals surface area contributed by atoms with Gasteiger partial charge in [0.1, 0.15) is 11.6 Å². The number of rotatable bonds is 15. The molecule has 0 bridgehead atoms. The van der Waals surface area contributed by atoms with Gasteiger partial charge in [-0.2, -0.15) is 0 Å². The van der Waals surface area contributed by atoms with Gasteiger partial charge in [-0.3, -0.25) is 9.59 Å². The van der Waals surface area contributed by atoms with E-state index in [4.69, 9.17) is 5.73 Å². The molecule has 0 unspecified atom stereocenters. The number of nitrogens with two attached hydrogens (primary N) is 1. The molecule has 37 heavy (non-hydrogen) atoms. The summed E-state index contributed by atoms with van der Waals surface area (Å²) in [7, 11) is 0. The van der Waals surface area contributed by atoms with E-state index in [1.807, 2.05) is 20.8 Å². The molecule has 0 aliphatic heterocycles. The van der Waals surface area contributed by atoms with Crippen LogP contribution in [0.4, 0.5) is 8.78 Å². The number of aliphatic hydroxyl groups is 2. The highest BCUT2D eigenvalue weighted by atomic mass is 19.1. The van der Waals surface area contributed by atoms with Crippen LogP contribution in [0.3, 0.4) is 0 Å². The topological polar surface area (TPSA) is 116 Å². The van der Waals surface area contributed by atoms with Crippen molar-refractivity contribution < 1.29 is 28.6 Å². The van der Waals surface area contributed by atoms with E-state index in [-0.39, 0.29) is 53.8 Å². The highest BCUT2D eigenvalue weighted by molar-refractivity contribution is 6.02. The molecule has 0 aliphatic carbocycles. The van der Waals surface area contributed by atoms with Crippen molar-refractivity contribution >= 4 is 11.8 Å². The first-order chi connectivity index (χ1) is 17.7. The predicted molar refractivity (Wildman–Crippen MR) is 139 cm³/mol. The van der Waals surface area contributed by atoms with Gasteiger partial charge in [-0.1, -0.05) is 26.8 Å². The highest BCUT2D eigenvalue weighted by Crippen LogP contribution is 2.32. The number of hydrogen-bond donors (Lipinski definition) is 4. The Balaban J connectivity index is 2.67. The third-order valence-corrected chi connectivity index (χ3v) is 6.42. The number of hydrogen-bond acceptors (Lipinski definition) is 5. The van der Waals surface area contributed by atoms with E-state index in [9.17, 15) is 28.6 Å². The lowest BCUT2D eigenvalue weighted by Crippen LogP contribution is -2.41. The number of carbonyl (C=O) groups is 2. The number of halogens is 2. The number of aliphatic hydroxyl groups excluding tert-OH is 2. The fraction of sp³-hybridized carbons (Fsp3) is 0.500. The van der Waals surface area contributed by atoms with E-state index in [0.29, 0.717) is 19.5 Å². The zero-order chi connectivity index (χ0) is 27.5. The summed E-state index contributed by atoms with van der Waals surface area (Å²) in [5, 5.41) is 24.0. The molecule has 0 saturated carbocycles. The van der Waals surface area contributed by atoms with E-state index < -0.39 is 29.6 Å². The second-order valence-corrected chi connectivity index (χ2v) is 9.27. The third kappa shape index (κ3) is 8.31. The number of nitrogens with zero attached hydrogens (tertiary/aromatic N) is 1. The number of carbonyl (C=O) groups excluding carboxylic acids is 2. The second-order valence-electron chi connectivity index (χ2n) is 9.27. The smallest absolute Gasteiger partial charge is 0.254 e. The SMILES string of the molecule is CCCN(CCC)C(=O)c1cccc(C(N)=O)c1[C@H](Cc1cc(F)cc(F)c1)[C@@H](O)CN[C@@H](CC)CO. The van der Waals surface area contributed by atoms with Crippen LogP contribution in [0, 0.1) is 11.6 Å². The first kappa shape index (κ1) is 30.3. The molecule has 0 saturated heterocycles. The minimum atomic E-state index is -1.18. The van der Waals surface area contributed by atoms with Crippen molar-refractivity contribution in [1.82, 2.24) is 10.2 Å². The minimum Gasteiger partial charge on any atom is -0.395 e. The van der Waals surface area contributed by atoms with Crippen molar-refractivity contribution in [3.8, 4) is 0 Å². The first-order valence-electron chi connectivity index (χ1n) is 12.9. The molecule has 7 nitrogen and oxygen atoms in total. The fourth-order valence-electron chi connectivity index (χ4n) is 4.57. The van der Waals surface area contributed by atoms with Gasteiger partial charge in [0.05, 0.1) is 12.7 Å². The van der Waals surface area contributed by atoms with Gasteiger partial charge in [-0.15, -0.1) is 0 Å². The molecule has 0 heterocycles. The molecule has 9 heteroatoms. The van der Waals surface area contributed by atoms with Gasteiger partial charge in [0.2, 0.25) is 5.91 Å². The van der Waals surface area contributed by atoms with Crippen LogP contribution in [0.15, 0.2) is 36.4 Å². The Bertz CT molecular complexity index is 1020. The summed E-state index contributed by atoms with van der Waals surface area (Å²) >= 11 is 0. The summed E-state index contributed by atoms with van der Waals surface area (Å²) in [5.74, 6) is -3.54. The third-order valence-electron chi connectivity index (χ3n) is 6.42. The van der Waals surface area contributed by atoms with Crippen LogP contribution >= 0.6 is 0 Å². The quantitative estimate of drug-likeness (QED) is 0.288. The zero-order valence-corrected chi connectivity index (χ0v) is 21.8. The van der Waals surface area contributed by atoms with Crippen molar-refractivity contribution in [2.45, 2.75) is 64.5 Å². The van der Waals surface area contributed by atoms with Crippen LogP contribution in [0.2, 0.25) is 0 Å². The van der Waals surface area contributed by atoms with Crippen molar-refractivity contribution in [3.05, 3.63) is 70.3 Å². The fourth-order valence-corrected chi connectivity index (χ4v) is 4.57. The van der Waals surface area contributed by atoms with Gasteiger partial charge in [0, 0.05) is 48.8 Å². The Hall–Kier alpha value is -2.88. The lowest BCUT2D eigenvalue weighted by atomic mass is 9.81. The van der Waals surface area contributed by atoms with E-state index in [1.54, 1.807) is 17.0 Å². The molecule has 3 atom stereocenters. The monoisotopic (exact) mass is 519 g/mol. The standard InChI is InChI=1S/C28H39F2N3O4/c1-4-10-33(11-5-2)28(37)23-9-7-8-22(27(31)36)26(23)24(25(35)16-32-21(6-3)17-34)14-18-12-19(29)15-20(30)13-18/h7-9,12-13,15,21,24-25,32,34-35H,4-6,10-11,14,16-17H2,1-3H3,(H2,31,36)/t21-,24+,25-/m0/s1. The molecule has 0 aromatic heterocycles. The molecule has 0 radical (unpaired) electrons.